The SMILES string of the molecule is Fc1cc(F)cc(CNc2c(F)cc(F)cc2Cl)c1. The van der Waals surface area contributed by atoms with Crippen molar-refractivity contribution in [2.75, 3.05) is 5.32 Å². The lowest BCUT2D eigenvalue weighted by Gasteiger charge is -2.10. The summed E-state index contributed by atoms with van der Waals surface area (Å²) in [5.74, 6) is -3.14. The average Bonchev–Trinajstić information content (AvgIpc) is 2.25. The van der Waals surface area contributed by atoms with Gasteiger partial charge in [0.25, 0.3) is 0 Å². The Balaban J connectivity index is 2.19. The zero-order valence-corrected chi connectivity index (χ0v) is 10.2. The molecule has 1 N–H and O–H groups in total. The van der Waals surface area contributed by atoms with Gasteiger partial charge in [-0.3, -0.25) is 0 Å². The van der Waals surface area contributed by atoms with E-state index in [-0.39, 0.29) is 22.8 Å². The van der Waals surface area contributed by atoms with E-state index in [0.29, 0.717) is 6.07 Å². The van der Waals surface area contributed by atoms with Gasteiger partial charge in [-0.25, -0.2) is 17.6 Å². The summed E-state index contributed by atoms with van der Waals surface area (Å²) in [6.45, 7) is -0.0447. The summed E-state index contributed by atoms with van der Waals surface area (Å²) in [6, 6.07) is 4.55. The van der Waals surface area contributed by atoms with Crippen LogP contribution in [-0.4, -0.2) is 0 Å². The zero-order chi connectivity index (χ0) is 14.0. The summed E-state index contributed by atoms with van der Waals surface area (Å²) in [5, 5.41) is 2.43. The lowest BCUT2D eigenvalue weighted by atomic mass is 10.2. The first-order valence-corrected chi connectivity index (χ1v) is 5.67. The van der Waals surface area contributed by atoms with Gasteiger partial charge in [-0.2, -0.15) is 0 Å². The molecule has 0 unspecified atom stereocenters. The number of hydrogen-bond donors (Lipinski definition) is 1. The maximum absolute atomic E-state index is 13.4. The third kappa shape index (κ3) is 3.38. The van der Waals surface area contributed by atoms with Gasteiger partial charge in [0, 0.05) is 18.7 Å². The van der Waals surface area contributed by atoms with Crippen LogP contribution >= 0.6 is 11.6 Å². The number of anilines is 1. The summed E-state index contributed by atoms with van der Waals surface area (Å²) < 4.78 is 52.2. The highest BCUT2D eigenvalue weighted by Crippen LogP contribution is 2.26. The van der Waals surface area contributed by atoms with Gasteiger partial charge < -0.3 is 5.32 Å². The van der Waals surface area contributed by atoms with E-state index in [2.05, 4.69) is 5.32 Å². The molecule has 2 aromatic carbocycles. The van der Waals surface area contributed by atoms with E-state index >= 15 is 0 Å². The second-order valence-corrected chi connectivity index (χ2v) is 4.28. The van der Waals surface area contributed by atoms with Gasteiger partial charge in [0.15, 0.2) is 5.82 Å². The van der Waals surface area contributed by atoms with Gasteiger partial charge in [-0.15, -0.1) is 0 Å². The molecule has 0 heterocycles. The van der Waals surface area contributed by atoms with Gasteiger partial charge >= 0.3 is 0 Å². The van der Waals surface area contributed by atoms with Crippen LogP contribution in [0.25, 0.3) is 0 Å². The zero-order valence-electron chi connectivity index (χ0n) is 9.48. The molecule has 100 valence electrons. The standard InChI is InChI=1S/C13H8ClF4N/c14-11-4-10(17)5-12(18)13(11)19-6-7-1-8(15)3-9(16)2-7/h1-5,19H,6H2. The highest BCUT2D eigenvalue weighted by atomic mass is 35.5. The topological polar surface area (TPSA) is 12.0 Å². The number of hydrogen-bond acceptors (Lipinski definition) is 1. The van der Waals surface area contributed by atoms with Crippen molar-refractivity contribution < 1.29 is 17.6 Å². The predicted molar refractivity (Wildman–Crippen MR) is 65.1 cm³/mol. The molecule has 0 fully saturated rings. The molecule has 2 aromatic rings. The van der Waals surface area contributed by atoms with Crippen LogP contribution in [0.4, 0.5) is 23.2 Å². The second kappa shape index (κ2) is 5.48. The van der Waals surface area contributed by atoms with E-state index in [0.717, 1.165) is 24.3 Å². The molecule has 0 spiro atoms. The first-order chi connectivity index (χ1) is 8.95. The summed E-state index contributed by atoms with van der Waals surface area (Å²) in [7, 11) is 0. The molecule has 0 amide bonds. The van der Waals surface area contributed by atoms with Crippen molar-refractivity contribution in [3.8, 4) is 0 Å². The Morgan fingerprint density at radius 1 is 0.842 bits per heavy atom. The molecule has 0 saturated carbocycles. The maximum Gasteiger partial charge on any atom is 0.150 e. The number of nitrogens with one attached hydrogen (secondary N) is 1. The van der Waals surface area contributed by atoms with Crippen molar-refractivity contribution in [2.24, 2.45) is 0 Å². The van der Waals surface area contributed by atoms with E-state index in [9.17, 15) is 17.6 Å². The van der Waals surface area contributed by atoms with Crippen molar-refractivity contribution in [2.45, 2.75) is 6.54 Å². The first-order valence-electron chi connectivity index (χ1n) is 5.29. The van der Waals surface area contributed by atoms with Crippen LogP contribution in [-0.2, 0) is 6.54 Å². The van der Waals surface area contributed by atoms with E-state index in [1.807, 2.05) is 0 Å². The van der Waals surface area contributed by atoms with E-state index < -0.39 is 23.3 Å². The minimum atomic E-state index is -0.873. The Morgan fingerprint density at radius 2 is 1.42 bits per heavy atom. The van der Waals surface area contributed by atoms with Crippen LogP contribution in [0.2, 0.25) is 5.02 Å². The van der Waals surface area contributed by atoms with Crippen LogP contribution in [0, 0.1) is 23.3 Å². The third-order valence-electron chi connectivity index (χ3n) is 2.40. The van der Waals surface area contributed by atoms with Crippen LogP contribution < -0.4 is 5.32 Å². The summed E-state index contributed by atoms with van der Waals surface area (Å²) >= 11 is 5.67. The largest absolute Gasteiger partial charge is 0.377 e. The van der Waals surface area contributed by atoms with Crippen LogP contribution in [0.3, 0.4) is 0 Å². The Labute approximate surface area is 111 Å². The third-order valence-corrected chi connectivity index (χ3v) is 2.70. The second-order valence-electron chi connectivity index (χ2n) is 3.88. The fourth-order valence-corrected chi connectivity index (χ4v) is 1.88. The minimum absolute atomic E-state index is 0.0447. The minimum Gasteiger partial charge on any atom is -0.377 e. The molecule has 0 radical (unpaired) electrons. The molecule has 0 aliphatic rings. The van der Waals surface area contributed by atoms with Gasteiger partial charge in [0.05, 0.1) is 10.7 Å². The molecule has 0 aromatic heterocycles. The Kier molecular flexibility index (Phi) is 3.95. The number of benzene rings is 2. The smallest absolute Gasteiger partial charge is 0.150 e. The van der Waals surface area contributed by atoms with Gasteiger partial charge in [0.2, 0.25) is 0 Å². The highest BCUT2D eigenvalue weighted by molar-refractivity contribution is 6.33. The molecule has 1 nitrogen and oxygen atoms in total. The van der Waals surface area contributed by atoms with E-state index in [4.69, 9.17) is 11.6 Å². The molecule has 0 saturated heterocycles. The van der Waals surface area contributed by atoms with E-state index in [1.54, 1.807) is 0 Å². The van der Waals surface area contributed by atoms with Crippen molar-refractivity contribution >= 4 is 17.3 Å². The van der Waals surface area contributed by atoms with Gasteiger partial charge in [-0.05, 0) is 23.8 Å². The summed E-state index contributed by atoms with van der Waals surface area (Å²) in [6.07, 6.45) is 0. The molecule has 0 aliphatic carbocycles. The molecule has 6 heteroatoms. The number of halogens is 5. The molecule has 0 aliphatic heterocycles. The molecule has 2 rings (SSSR count). The lowest BCUT2D eigenvalue weighted by molar-refractivity contribution is 0.580. The van der Waals surface area contributed by atoms with Crippen molar-refractivity contribution in [3.63, 3.8) is 0 Å². The predicted octanol–water partition coefficient (Wildman–Crippen LogP) is 4.51. The lowest BCUT2D eigenvalue weighted by Crippen LogP contribution is -2.03. The fourth-order valence-electron chi connectivity index (χ4n) is 1.61. The molecular weight excluding hydrogens is 282 g/mol. The van der Waals surface area contributed by atoms with Crippen LogP contribution in [0.15, 0.2) is 30.3 Å². The van der Waals surface area contributed by atoms with Gasteiger partial charge in [-0.1, -0.05) is 11.6 Å². The monoisotopic (exact) mass is 289 g/mol. The maximum atomic E-state index is 13.4. The molecule has 0 atom stereocenters. The number of rotatable bonds is 3. The summed E-state index contributed by atoms with van der Waals surface area (Å²) in [4.78, 5) is 0. The Hall–Kier alpha value is -1.75. The molecular formula is C13H8ClF4N. The normalized spacial score (nSPS) is 10.6. The molecule has 19 heavy (non-hydrogen) atoms. The van der Waals surface area contributed by atoms with Gasteiger partial charge in [0.1, 0.15) is 17.5 Å². The fraction of sp³-hybridized carbons (Fsp3) is 0.0769. The van der Waals surface area contributed by atoms with E-state index in [1.165, 1.54) is 0 Å². The molecule has 0 bridgehead atoms. The van der Waals surface area contributed by atoms with Crippen LogP contribution in [0.1, 0.15) is 5.56 Å². The highest BCUT2D eigenvalue weighted by Gasteiger charge is 2.10. The van der Waals surface area contributed by atoms with Crippen LogP contribution in [0.5, 0.6) is 0 Å². The Bertz CT molecular complexity index is 572. The Morgan fingerprint density at radius 3 is 2.00 bits per heavy atom. The average molecular weight is 290 g/mol. The quantitative estimate of drug-likeness (QED) is 0.820. The van der Waals surface area contributed by atoms with Crippen molar-refractivity contribution in [1.29, 1.82) is 0 Å². The van der Waals surface area contributed by atoms with Crippen molar-refractivity contribution in [3.05, 3.63) is 64.2 Å². The summed E-state index contributed by atoms with van der Waals surface area (Å²) in [5.41, 5.74) is 0.157. The first kappa shape index (κ1) is 13.7. The van der Waals surface area contributed by atoms with Crippen molar-refractivity contribution in [1.82, 2.24) is 0 Å².